The predicted molar refractivity (Wildman–Crippen MR) is 141 cm³/mol. The molecule has 0 saturated heterocycles. The summed E-state index contributed by atoms with van der Waals surface area (Å²) in [5, 5.41) is 32.5. The zero-order chi connectivity index (χ0) is 25.1. The largest absolute Gasteiger partial charge is 0.494 e. The Balaban J connectivity index is 1.21. The third kappa shape index (κ3) is 3.82. The summed E-state index contributed by atoms with van der Waals surface area (Å²) < 4.78 is 3.10. The van der Waals surface area contributed by atoms with Gasteiger partial charge in [0.2, 0.25) is 5.88 Å². The van der Waals surface area contributed by atoms with Gasteiger partial charge in [0.15, 0.2) is 11.8 Å². The molecule has 190 valence electrons. The Kier molecular flexibility index (Phi) is 5.66. The lowest BCUT2D eigenvalue weighted by molar-refractivity contribution is 0.310. The first-order valence-corrected chi connectivity index (χ1v) is 13.4. The molecule has 2 aromatic rings. The fraction of sp³-hybridized carbons (Fsp3) is 0.500. The summed E-state index contributed by atoms with van der Waals surface area (Å²) in [6.45, 7) is 4.71. The number of allylic oxidation sites excluding steroid dienone is 4. The molecule has 4 aliphatic carbocycles. The maximum atomic E-state index is 12.9. The molecule has 2 aromatic heterocycles. The van der Waals surface area contributed by atoms with Crippen LogP contribution in [0.5, 0.6) is 17.6 Å². The SMILES string of the molecule is Cc1c(/C=C/c2cc(=O)n(CCC3CC4C=CC3C4)c(O)c2C)c(O)n(CC2CC3C=CC2C3)c1O. The molecule has 6 rings (SSSR count). The number of nitrogens with zero attached hydrogens (tertiary/aromatic N) is 2. The fourth-order valence-corrected chi connectivity index (χ4v) is 7.29. The molecular weight excluding hydrogens is 452 g/mol. The van der Waals surface area contributed by atoms with Crippen molar-refractivity contribution in [3.8, 4) is 17.6 Å². The van der Waals surface area contributed by atoms with Crippen LogP contribution in [0, 0.1) is 49.4 Å². The molecule has 2 fully saturated rings. The van der Waals surface area contributed by atoms with Gasteiger partial charge in [0.25, 0.3) is 5.56 Å². The van der Waals surface area contributed by atoms with Gasteiger partial charge in [0, 0.05) is 35.8 Å². The van der Waals surface area contributed by atoms with Gasteiger partial charge >= 0.3 is 0 Å². The van der Waals surface area contributed by atoms with E-state index < -0.39 is 0 Å². The van der Waals surface area contributed by atoms with Crippen molar-refractivity contribution in [1.82, 2.24) is 9.13 Å². The van der Waals surface area contributed by atoms with Crippen LogP contribution in [-0.4, -0.2) is 24.5 Å². The second-order valence-corrected chi connectivity index (χ2v) is 11.5. The zero-order valence-electron chi connectivity index (χ0n) is 21.1. The van der Waals surface area contributed by atoms with Crippen molar-refractivity contribution in [3.63, 3.8) is 0 Å². The van der Waals surface area contributed by atoms with Crippen LogP contribution >= 0.6 is 0 Å². The molecule has 0 aliphatic heterocycles. The number of aromatic nitrogens is 2. The van der Waals surface area contributed by atoms with Crippen molar-refractivity contribution in [3.05, 3.63) is 63.0 Å². The minimum absolute atomic E-state index is 0.00607. The maximum Gasteiger partial charge on any atom is 0.253 e. The smallest absolute Gasteiger partial charge is 0.253 e. The molecular formula is C30H36N2O4. The maximum absolute atomic E-state index is 12.9. The minimum atomic E-state index is -0.220. The summed E-state index contributed by atoms with van der Waals surface area (Å²) in [5.74, 6) is 3.61. The zero-order valence-corrected chi connectivity index (χ0v) is 21.1. The van der Waals surface area contributed by atoms with Gasteiger partial charge in [0.1, 0.15) is 0 Å². The first-order chi connectivity index (χ1) is 17.3. The monoisotopic (exact) mass is 488 g/mol. The molecule has 2 heterocycles. The number of hydrogen-bond donors (Lipinski definition) is 3. The number of pyridine rings is 1. The summed E-state index contributed by atoms with van der Waals surface area (Å²) in [6, 6.07) is 1.55. The third-order valence-electron chi connectivity index (χ3n) is 9.46. The van der Waals surface area contributed by atoms with Gasteiger partial charge in [-0.05, 0) is 93.1 Å². The molecule has 0 amide bonds. The van der Waals surface area contributed by atoms with E-state index in [1.165, 1.54) is 23.8 Å². The van der Waals surface area contributed by atoms with Gasteiger partial charge in [-0.25, -0.2) is 0 Å². The fourth-order valence-electron chi connectivity index (χ4n) is 7.29. The van der Waals surface area contributed by atoms with Crippen LogP contribution in [0.15, 0.2) is 35.2 Å². The Bertz CT molecular complexity index is 1340. The molecule has 0 aromatic carbocycles. The molecule has 2 saturated carbocycles. The lowest BCUT2D eigenvalue weighted by Gasteiger charge is -2.19. The minimum Gasteiger partial charge on any atom is -0.494 e. The van der Waals surface area contributed by atoms with Gasteiger partial charge in [-0.1, -0.05) is 30.4 Å². The molecule has 36 heavy (non-hydrogen) atoms. The first kappa shape index (κ1) is 23.3. The second kappa shape index (κ2) is 8.75. The van der Waals surface area contributed by atoms with E-state index in [2.05, 4.69) is 24.3 Å². The van der Waals surface area contributed by atoms with Gasteiger partial charge in [-0.15, -0.1) is 0 Å². The molecule has 4 aliphatic rings. The highest BCUT2D eigenvalue weighted by molar-refractivity contribution is 5.76. The van der Waals surface area contributed by atoms with Crippen LogP contribution in [-0.2, 0) is 13.1 Å². The summed E-state index contributed by atoms with van der Waals surface area (Å²) in [5.41, 5.74) is 2.17. The van der Waals surface area contributed by atoms with Crippen molar-refractivity contribution in [1.29, 1.82) is 0 Å². The lowest BCUT2D eigenvalue weighted by atomic mass is 9.90. The quantitative estimate of drug-likeness (QED) is 0.458. The Morgan fingerprint density at radius 3 is 2.06 bits per heavy atom. The van der Waals surface area contributed by atoms with Crippen molar-refractivity contribution >= 4 is 12.2 Å². The average molecular weight is 489 g/mol. The lowest BCUT2D eigenvalue weighted by Crippen LogP contribution is -2.22. The summed E-state index contributed by atoms with van der Waals surface area (Å²) in [7, 11) is 0. The average Bonchev–Trinajstić information content (AvgIpc) is 3.68. The highest BCUT2D eigenvalue weighted by Crippen LogP contribution is 2.47. The van der Waals surface area contributed by atoms with Crippen LogP contribution in [0.3, 0.4) is 0 Å². The van der Waals surface area contributed by atoms with Gasteiger partial charge in [-0.2, -0.15) is 0 Å². The summed E-state index contributed by atoms with van der Waals surface area (Å²) >= 11 is 0. The predicted octanol–water partition coefficient (Wildman–Crippen LogP) is 5.37. The Morgan fingerprint density at radius 1 is 0.806 bits per heavy atom. The third-order valence-corrected chi connectivity index (χ3v) is 9.46. The molecule has 4 bridgehead atoms. The summed E-state index contributed by atoms with van der Waals surface area (Å²) in [4.78, 5) is 12.9. The van der Waals surface area contributed by atoms with E-state index in [1.54, 1.807) is 29.7 Å². The Hall–Kier alpha value is -3.15. The van der Waals surface area contributed by atoms with Gasteiger partial charge in [-0.3, -0.25) is 13.9 Å². The number of rotatable bonds is 7. The van der Waals surface area contributed by atoms with Crippen LogP contribution in [0.25, 0.3) is 12.2 Å². The highest BCUT2D eigenvalue weighted by atomic mass is 16.3. The highest BCUT2D eigenvalue weighted by Gasteiger charge is 2.37. The normalized spacial score (nSPS) is 29.9. The van der Waals surface area contributed by atoms with E-state index in [9.17, 15) is 20.1 Å². The van der Waals surface area contributed by atoms with Crippen molar-refractivity contribution in [2.75, 3.05) is 0 Å². The molecule has 3 N–H and O–H groups in total. The molecule has 6 atom stereocenters. The van der Waals surface area contributed by atoms with Crippen molar-refractivity contribution in [2.45, 2.75) is 59.0 Å². The standard InChI is InChI=1S/C30H36N2O4/c1-17-21(15-27(33)31(28(17)34)10-9-24-13-19-3-5-22(24)11-19)7-8-26-18(2)29(35)32(30(26)36)16-25-14-20-4-6-23(25)12-20/h3-8,15,19-20,22-25,34-36H,9-14,16H2,1-2H3/b8-7+. The van der Waals surface area contributed by atoms with E-state index in [-0.39, 0.29) is 23.2 Å². The molecule has 0 radical (unpaired) electrons. The second-order valence-electron chi connectivity index (χ2n) is 11.5. The molecule has 0 spiro atoms. The van der Waals surface area contributed by atoms with E-state index in [1.807, 2.05) is 6.92 Å². The van der Waals surface area contributed by atoms with Crippen LogP contribution < -0.4 is 5.56 Å². The Labute approximate surface area is 211 Å². The Morgan fingerprint density at radius 2 is 1.44 bits per heavy atom. The first-order valence-electron chi connectivity index (χ1n) is 13.4. The van der Waals surface area contributed by atoms with Crippen LogP contribution in [0.4, 0.5) is 0 Å². The molecule has 6 heteroatoms. The molecule has 6 unspecified atom stereocenters. The number of fused-ring (bicyclic) bond motifs is 4. The van der Waals surface area contributed by atoms with Crippen LogP contribution in [0.1, 0.15) is 54.4 Å². The number of aromatic hydroxyl groups is 3. The van der Waals surface area contributed by atoms with E-state index in [4.69, 9.17) is 0 Å². The van der Waals surface area contributed by atoms with Gasteiger partial charge in [0.05, 0.1) is 0 Å². The topological polar surface area (TPSA) is 87.6 Å². The molecule has 6 nitrogen and oxygen atoms in total. The van der Waals surface area contributed by atoms with Gasteiger partial charge < -0.3 is 15.3 Å². The van der Waals surface area contributed by atoms with E-state index in [0.717, 1.165) is 12.8 Å². The number of hydrogen-bond acceptors (Lipinski definition) is 4. The van der Waals surface area contributed by atoms with E-state index >= 15 is 0 Å². The van der Waals surface area contributed by atoms with Crippen molar-refractivity contribution < 1.29 is 15.3 Å². The van der Waals surface area contributed by atoms with Crippen LogP contribution in [0.2, 0.25) is 0 Å². The summed E-state index contributed by atoms with van der Waals surface area (Å²) in [6.07, 6.45) is 18.3. The van der Waals surface area contributed by atoms with E-state index in [0.29, 0.717) is 70.9 Å². The van der Waals surface area contributed by atoms with Crippen molar-refractivity contribution in [2.24, 2.45) is 35.5 Å².